The van der Waals surface area contributed by atoms with E-state index in [0.717, 1.165) is 43.6 Å². The Hall–Kier alpha value is -0.800. The molecule has 0 fully saturated rings. The Morgan fingerprint density at radius 1 is 1.39 bits per heavy atom. The van der Waals surface area contributed by atoms with Gasteiger partial charge in [0.15, 0.2) is 0 Å². The maximum absolute atomic E-state index is 5.90. The molecule has 18 heavy (non-hydrogen) atoms. The van der Waals surface area contributed by atoms with Crippen LogP contribution in [0.15, 0.2) is 10.5 Å². The number of nitrogens with zero attached hydrogens (tertiary/aromatic N) is 1. The smallest absolute Gasteiger partial charge is 0.120 e. The first-order chi connectivity index (χ1) is 8.56. The Morgan fingerprint density at radius 2 is 2.11 bits per heavy atom. The lowest BCUT2D eigenvalue weighted by atomic mass is 10.1. The van der Waals surface area contributed by atoms with E-state index in [2.05, 4.69) is 51.0 Å². The van der Waals surface area contributed by atoms with Gasteiger partial charge in [0.1, 0.15) is 11.5 Å². The number of nitrogens with one attached hydrogen (secondary N) is 1. The number of furan rings is 1. The average Bonchev–Trinajstić information content (AvgIpc) is 2.66. The molecule has 0 bridgehead atoms. The lowest BCUT2D eigenvalue weighted by Gasteiger charge is -2.19. The van der Waals surface area contributed by atoms with Crippen LogP contribution in [0.3, 0.4) is 0 Å². The van der Waals surface area contributed by atoms with Crippen molar-refractivity contribution in [2.75, 3.05) is 20.1 Å². The molecule has 0 aliphatic rings. The van der Waals surface area contributed by atoms with Gasteiger partial charge in [-0.25, -0.2) is 0 Å². The van der Waals surface area contributed by atoms with Crippen LogP contribution in [0.2, 0.25) is 0 Å². The fourth-order valence-electron chi connectivity index (χ4n) is 2.07. The highest BCUT2D eigenvalue weighted by atomic mass is 16.3. The molecule has 0 saturated carbocycles. The summed E-state index contributed by atoms with van der Waals surface area (Å²) in [6.45, 7) is 12.6. The zero-order valence-corrected chi connectivity index (χ0v) is 12.5. The Kier molecular flexibility index (Phi) is 6.44. The standard InChI is InChI=1S/C15H28N2O/c1-6-12(3)10-17(5)11-14-8-13(4)15(18-14)9-16-7-2/h8,12,16H,6-7,9-11H2,1-5H3. The van der Waals surface area contributed by atoms with E-state index < -0.39 is 0 Å². The summed E-state index contributed by atoms with van der Waals surface area (Å²) >= 11 is 0. The molecule has 1 N–H and O–H groups in total. The molecule has 1 rings (SSSR count). The van der Waals surface area contributed by atoms with E-state index in [4.69, 9.17) is 4.42 Å². The molecule has 0 radical (unpaired) electrons. The third-order valence-corrected chi connectivity index (χ3v) is 3.35. The Labute approximate surface area is 112 Å². The summed E-state index contributed by atoms with van der Waals surface area (Å²) in [5.74, 6) is 2.89. The highest BCUT2D eigenvalue weighted by Gasteiger charge is 2.10. The summed E-state index contributed by atoms with van der Waals surface area (Å²) in [4.78, 5) is 2.34. The molecule has 104 valence electrons. The third-order valence-electron chi connectivity index (χ3n) is 3.35. The summed E-state index contributed by atoms with van der Waals surface area (Å²) in [5, 5.41) is 3.31. The van der Waals surface area contributed by atoms with Gasteiger partial charge in [-0.2, -0.15) is 0 Å². The Morgan fingerprint density at radius 3 is 2.72 bits per heavy atom. The molecule has 3 heteroatoms. The minimum absolute atomic E-state index is 0.743. The Bertz CT molecular complexity index is 346. The predicted molar refractivity (Wildman–Crippen MR) is 76.6 cm³/mol. The Balaban J connectivity index is 2.51. The molecular formula is C15H28N2O. The maximum Gasteiger partial charge on any atom is 0.120 e. The molecule has 1 heterocycles. The average molecular weight is 252 g/mol. The van der Waals surface area contributed by atoms with Gasteiger partial charge in [-0.15, -0.1) is 0 Å². The monoisotopic (exact) mass is 252 g/mol. The van der Waals surface area contributed by atoms with E-state index in [1.165, 1.54) is 12.0 Å². The van der Waals surface area contributed by atoms with Gasteiger partial charge in [0, 0.05) is 6.54 Å². The van der Waals surface area contributed by atoms with Gasteiger partial charge < -0.3 is 9.73 Å². The van der Waals surface area contributed by atoms with Crippen molar-refractivity contribution >= 4 is 0 Å². The van der Waals surface area contributed by atoms with Crippen molar-refractivity contribution in [3.63, 3.8) is 0 Å². The van der Waals surface area contributed by atoms with Gasteiger partial charge in [0.05, 0.1) is 13.1 Å². The van der Waals surface area contributed by atoms with Crippen LogP contribution in [0, 0.1) is 12.8 Å². The van der Waals surface area contributed by atoms with Gasteiger partial charge in [-0.3, -0.25) is 4.90 Å². The molecule has 0 spiro atoms. The van der Waals surface area contributed by atoms with E-state index in [-0.39, 0.29) is 0 Å². The van der Waals surface area contributed by atoms with E-state index >= 15 is 0 Å². The first kappa shape index (κ1) is 15.3. The molecule has 0 saturated heterocycles. The zero-order chi connectivity index (χ0) is 13.5. The molecule has 3 nitrogen and oxygen atoms in total. The fourth-order valence-corrected chi connectivity index (χ4v) is 2.07. The summed E-state index contributed by atoms with van der Waals surface area (Å²) in [6.07, 6.45) is 1.23. The van der Waals surface area contributed by atoms with Crippen molar-refractivity contribution in [2.45, 2.75) is 47.2 Å². The third kappa shape index (κ3) is 4.83. The van der Waals surface area contributed by atoms with Crippen LogP contribution in [-0.2, 0) is 13.1 Å². The van der Waals surface area contributed by atoms with Gasteiger partial charge >= 0.3 is 0 Å². The minimum Gasteiger partial charge on any atom is -0.463 e. The van der Waals surface area contributed by atoms with E-state index in [9.17, 15) is 0 Å². The lowest BCUT2D eigenvalue weighted by molar-refractivity contribution is 0.251. The van der Waals surface area contributed by atoms with Crippen LogP contribution in [0.1, 0.15) is 44.3 Å². The number of hydrogen-bond acceptors (Lipinski definition) is 3. The van der Waals surface area contributed by atoms with Gasteiger partial charge in [0.25, 0.3) is 0 Å². The second kappa shape index (κ2) is 7.59. The molecule has 0 aromatic carbocycles. The van der Waals surface area contributed by atoms with Crippen molar-refractivity contribution in [2.24, 2.45) is 5.92 Å². The topological polar surface area (TPSA) is 28.4 Å². The molecule has 1 aromatic heterocycles. The second-order valence-corrected chi connectivity index (χ2v) is 5.31. The van der Waals surface area contributed by atoms with E-state index in [1.54, 1.807) is 0 Å². The van der Waals surface area contributed by atoms with Crippen LogP contribution in [0.5, 0.6) is 0 Å². The molecule has 0 aliphatic carbocycles. The number of rotatable bonds is 8. The van der Waals surface area contributed by atoms with Crippen LogP contribution in [0.25, 0.3) is 0 Å². The van der Waals surface area contributed by atoms with E-state index in [0.29, 0.717) is 0 Å². The fraction of sp³-hybridized carbons (Fsp3) is 0.733. The summed E-state index contributed by atoms with van der Waals surface area (Å²) in [7, 11) is 2.16. The van der Waals surface area contributed by atoms with Crippen molar-refractivity contribution in [1.82, 2.24) is 10.2 Å². The second-order valence-electron chi connectivity index (χ2n) is 5.31. The summed E-state index contributed by atoms with van der Waals surface area (Å²) in [5.41, 5.74) is 1.25. The van der Waals surface area contributed by atoms with Crippen molar-refractivity contribution in [3.8, 4) is 0 Å². The van der Waals surface area contributed by atoms with Crippen molar-refractivity contribution in [3.05, 3.63) is 23.2 Å². The molecule has 1 unspecified atom stereocenters. The number of aryl methyl sites for hydroxylation is 1. The molecule has 1 aromatic rings. The first-order valence-electron chi connectivity index (χ1n) is 7.04. The van der Waals surface area contributed by atoms with Gasteiger partial charge in [-0.1, -0.05) is 27.2 Å². The predicted octanol–water partition coefficient (Wildman–Crippen LogP) is 3.18. The maximum atomic E-state index is 5.90. The summed E-state index contributed by atoms with van der Waals surface area (Å²) in [6, 6.07) is 2.17. The van der Waals surface area contributed by atoms with Crippen LogP contribution < -0.4 is 5.32 Å². The zero-order valence-electron chi connectivity index (χ0n) is 12.5. The van der Waals surface area contributed by atoms with Crippen LogP contribution in [0.4, 0.5) is 0 Å². The van der Waals surface area contributed by atoms with Gasteiger partial charge in [-0.05, 0) is 38.1 Å². The minimum atomic E-state index is 0.743. The molecule has 1 atom stereocenters. The van der Waals surface area contributed by atoms with Crippen molar-refractivity contribution in [1.29, 1.82) is 0 Å². The quantitative estimate of drug-likeness (QED) is 0.770. The van der Waals surface area contributed by atoms with Crippen LogP contribution in [-0.4, -0.2) is 25.0 Å². The molecular weight excluding hydrogens is 224 g/mol. The molecule has 0 aliphatic heterocycles. The largest absolute Gasteiger partial charge is 0.463 e. The highest BCUT2D eigenvalue weighted by molar-refractivity contribution is 5.20. The normalized spacial score (nSPS) is 13.2. The lowest BCUT2D eigenvalue weighted by Crippen LogP contribution is -2.23. The molecule has 0 amide bonds. The van der Waals surface area contributed by atoms with Crippen LogP contribution >= 0.6 is 0 Å². The first-order valence-corrected chi connectivity index (χ1v) is 7.04. The SMILES string of the molecule is CCNCc1oc(CN(C)CC(C)CC)cc1C. The number of hydrogen-bond donors (Lipinski definition) is 1. The highest BCUT2D eigenvalue weighted by Crippen LogP contribution is 2.16. The van der Waals surface area contributed by atoms with Gasteiger partial charge in [0.2, 0.25) is 0 Å². The van der Waals surface area contributed by atoms with Crippen molar-refractivity contribution < 1.29 is 4.42 Å². The van der Waals surface area contributed by atoms with E-state index in [1.807, 2.05) is 0 Å². The summed E-state index contributed by atoms with van der Waals surface area (Å²) < 4.78 is 5.90.